The van der Waals surface area contributed by atoms with Crippen LogP contribution in [0.4, 0.5) is 0 Å². The Morgan fingerprint density at radius 3 is 2.57 bits per heavy atom. The number of hydrogen-bond acceptors (Lipinski definition) is 2. The van der Waals surface area contributed by atoms with Crippen molar-refractivity contribution in [3.8, 4) is 0 Å². The van der Waals surface area contributed by atoms with E-state index in [-0.39, 0.29) is 6.10 Å². The maximum atomic E-state index is 9.91. The maximum absolute atomic E-state index is 9.91. The minimum absolute atomic E-state index is 0.0830. The molecular formula is C12H21NO. The highest BCUT2D eigenvalue weighted by Crippen LogP contribution is 2.62. The number of rotatable bonds is 0. The molecule has 80 valence electrons. The van der Waals surface area contributed by atoms with Gasteiger partial charge in [0.25, 0.3) is 0 Å². The van der Waals surface area contributed by atoms with Gasteiger partial charge in [0.15, 0.2) is 0 Å². The fraction of sp³-hybridized carbons (Fsp3) is 1.00. The molecule has 2 heteroatoms. The van der Waals surface area contributed by atoms with Gasteiger partial charge in [-0.25, -0.2) is 0 Å². The summed E-state index contributed by atoms with van der Waals surface area (Å²) in [5.74, 6) is 2.08. The zero-order chi connectivity index (χ0) is 9.92. The lowest BCUT2D eigenvalue weighted by Crippen LogP contribution is -2.45. The summed E-state index contributed by atoms with van der Waals surface area (Å²) in [6, 6.07) is 0.390. The molecule has 0 aromatic carbocycles. The van der Waals surface area contributed by atoms with E-state index in [1.54, 1.807) is 0 Å². The van der Waals surface area contributed by atoms with E-state index in [4.69, 9.17) is 5.73 Å². The van der Waals surface area contributed by atoms with Gasteiger partial charge in [-0.2, -0.15) is 0 Å². The van der Waals surface area contributed by atoms with Gasteiger partial charge < -0.3 is 10.8 Å². The maximum Gasteiger partial charge on any atom is 0.0572 e. The van der Waals surface area contributed by atoms with Gasteiger partial charge in [0.2, 0.25) is 0 Å². The molecule has 3 saturated carbocycles. The van der Waals surface area contributed by atoms with Crippen molar-refractivity contribution in [2.45, 2.75) is 51.2 Å². The lowest BCUT2D eigenvalue weighted by Gasteiger charge is -2.39. The molecule has 2 bridgehead atoms. The van der Waals surface area contributed by atoms with E-state index in [0.717, 1.165) is 18.3 Å². The molecule has 3 aliphatic carbocycles. The molecular weight excluding hydrogens is 174 g/mol. The van der Waals surface area contributed by atoms with Crippen LogP contribution in [0.25, 0.3) is 0 Å². The summed E-state index contributed by atoms with van der Waals surface area (Å²) in [5.41, 5.74) is 6.71. The fourth-order valence-electron chi connectivity index (χ4n) is 4.62. The van der Waals surface area contributed by atoms with Gasteiger partial charge in [-0.1, -0.05) is 6.92 Å². The van der Waals surface area contributed by atoms with Crippen molar-refractivity contribution in [1.82, 2.24) is 0 Å². The molecule has 3 rings (SSSR count). The molecule has 1 spiro atoms. The Bertz CT molecular complexity index is 239. The number of aliphatic hydroxyl groups is 1. The lowest BCUT2D eigenvalue weighted by atomic mass is 9.68. The average Bonchev–Trinajstić information content (AvgIpc) is 2.76. The van der Waals surface area contributed by atoms with Crippen molar-refractivity contribution < 1.29 is 5.11 Å². The highest BCUT2D eigenvalue weighted by Gasteiger charge is 2.60. The van der Waals surface area contributed by atoms with Crippen LogP contribution in [0.5, 0.6) is 0 Å². The first-order valence-corrected chi connectivity index (χ1v) is 6.07. The highest BCUT2D eigenvalue weighted by molar-refractivity contribution is 5.12. The summed E-state index contributed by atoms with van der Waals surface area (Å²) < 4.78 is 0. The minimum Gasteiger partial charge on any atom is -0.393 e. The van der Waals surface area contributed by atoms with Crippen molar-refractivity contribution in [3.63, 3.8) is 0 Å². The molecule has 0 saturated heterocycles. The van der Waals surface area contributed by atoms with Crippen LogP contribution in [0.2, 0.25) is 0 Å². The third-order valence-corrected chi connectivity index (χ3v) is 5.41. The van der Waals surface area contributed by atoms with Gasteiger partial charge in [0, 0.05) is 6.04 Å². The molecule has 0 heterocycles. The Labute approximate surface area is 85.9 Å². The molecule has 0 aromatic rings. The van der Waals surface area contributed by atoms with Gasteiger partial charge in [0.05, 0.1) is 6.10 Å². The second kappa shape index (κ2) is 2.73. The summed E-state index contributed by atoms with van der Waals surface area (Å²) in [4.78, 5) is 0. The van der Waals surface area contributed by atoms with E-state index < -0.39 is 0 Å². The SMILES string of the molecule is C[C@H]1CC2(C[C@@H]1O)[C@H]1CC[C@H](C1)[C@H]2N. The molecule has 14 heavy (non-hydrogen) atoms. The quantitative estimate of drug-likeness (QED) is 0.615. The summed E-state index contributed by atoms with van der Waals surface area (Å²) in [7, 11) is 0. The van der Waals surface area contributed by atoms with Crippen LogP contribution in [0.1, 0.15) is 39.0 Å². The first-order chi connectivity index (χ1) is 6.63. The minimum atomic E-state index is -0.0830. The van der Waals surface area contributed by atoms with Crippen LogP contribution < -0.4 is 5.73 Å². The summed E-state index contributed by atoms with van der Waals surface area (Å²) in [6.45, 7) is 2.18. The summed E-state index contributed by atoms with van der Waals surface area (Å²) in [5, 5.41) is 9.91. The molecule has 0 aliphatic heterocycles. The summed E-state index contributed by atoms with van der Waals surface area (Å²) in [6.07, 6.45) is 6.14. The highest BCUT2D eigenvalue weighted by atomic mass is 16.3. The molecule has 2 nitrogen and oxygen atoms in total. The third-order valence-electron chi connectivity index (χ3n) is 5.41. The van der Waals surface area contributed by atoms with Crippen LogP contribution in [0.15, 0.2) is 0 Å². The molecule has 0 amide bonds. The second-order valence-electron chi connectivity index (χ2n) is 5.98. The number of aliphatic hydroxyl groups excluding tert-OH is 1. The molecule has 6 atom stereocenters. The smallest absolute Gasteiger partial charge is 0.0572 e. The zero-order valence-electron chi connectivity index (χ0n) is 8.95. The van der Waals surface area contributed by atoms with Gasteiger partial charge in [0.1, 0.15) is 0 Å². The average molecular weight is 195 g/mol. The monoisotopic (exact) mass is 195 g/mol. The number of hydrogen-bond donors (Lipinski definition) is 2. The van der Waals surface area contributed by atoms with Crippen molar-refractivity contribution in [1.29, 1.82) is 0 Å². The normalized spacial score (nSPS) is 61.5. The Morgan fingerprint density at radius 2 is 2.07 bits per heavy atom. The van der Waals surface area contributed by atoms with Gasteiger partial charge in [-0.05, 0) is 55.3 Å². The molecule has 3 aliphatic rings. The van der Waals surface area contributed by atoms with Crippen molar-refractivity contribution >= 4 is 0 Å². The molecule has 0 radical (unpaired) electrons. The first-order valence-electron chi connectivity index (χ1n) is 6.07. The van der Waals surface area contributed by atoms with Gasteiger partial charge in [-0.3, -0.25) is 0 Å². The zero-order valence-corrected chi connectivity index (χ0v) is 8.95. The van der Waals surface area contributed by atoms with Crippen molar-refractivity contribution in [2.75, 3.05) is 0 Å². The van der Waals surface area contributed by atoms with E-state index in [9.17, 15) is 5.11 Å². The first kappa shape index (κ1) is 9.17. The summed E-state index contributed by atoms with van der Waals surface area (Å²) >= 11 is 0. The standard InChI is InChI=1S/C12H21NO/c1-7-5-12(6-10(7)14)9-3-2-8(4-9)11(12)13/h7-11,14H,2-6,13H2,1H3/t7-,8+,9-,10-,11+,12?/m0/s1. The van der Waals surface area contributed by atoms with E-state index in [1.165, 1.54) is 25.7 Å². The van der Waals surface area contributed by atoms with Gasteiger partial charge >= 0.3 is 0 Å². The van der Waals surface area contributed by atoms with Crippen molar-refractivity contribution in [2.24, 2.45) is 28.9 Å². The largest absolute Gasteiger partial charge is 0.393 e. The van der Waals surface area contributed by atoms with Crippen molar-refractivity contribution in [3.05, 3.63) is 0 Å². The van der Waals surface area contributed by atoms with Crippen LogP contribution in [0.3, 0.4) is 0 Å². The predicted octanol–water partition coefficient (Wildman–Crippen LogP) is 1.52. The molecule has 0 aromatic heterocycles. The molecule has 1 unspecified atom stereocenters. The van der Waals surface area contributed by atoms with Crippen LogP contribution in [-0.2, 0) is 0 Å². The van der Waals surface area contributed by atoms with Gasteiger partial charge in [-0.15, -0.1) is 0 Å². The Hall–Kier alpha value is -0.0800. The number of fused-ring (bicyclic) bond motifs is 3. The van der Waals surface area contributed by atoms with E-state index in [0.29, 0.717) is 17.4 Å². The molecule has 3 fully saturated rings. The Balaban J connectivity index is 1.91. The fourth-order valence-corrected chi connectivity index (χ4v) is 4.62. The van der Waals surface area contributed by atoms with Crippen LogP contribution in [-0.4, -0.2) is 17.3 Å². The van der Waals surface area contributed by atoms with E-state index in [2.05, 4.69) is 6.92 Å². The third kappa shape index (κ3) is 0.938. The predicted molar refractivity (Wildman–Crippen MR) is 55.6 cm³/mol. The van der Waals surface area contributed by atoms with Crippen LogP contribution in [0, 0.1) is 23.2 Å². The van der Waals surface area contributed by atoms with Crippen LogP contribution >= 0.6 is 0 Å². The Morgan fingerprint density at radius 1 is 1.29 bits per heavy atom. The molecule has 3 N–H and O–H groups in total. The topological polar surface area (TPSA) is 46.2 Å². The number of nitrogens with two attached hydrogens (primary N) is 1. The van der Waals surface area contributed by atoms with E-state index in [1.807, 2.05) is 0 Å². The Kier molecular flexibility index (Phi) is 1.79. The van der Waals surface area contributed by atoms with E-state index >= 15 is 0 Å². The second-order valence-corrected chi connectivity index (χ2v) is 5.98. The lowest BCUT2D eigenvalue weighted by molar-refractivity contribution is 0.0999.